The molecule has 0 unspecified atom stereocenters. The van der Waals surface area contributed by atoms with Crippen molar-refractivity contribution >= 4 is 21.6 Å². The minimum atomic E-state index is -3.71. The zero-order valence-electron chi connectivity index (χ0n) is 10.9. The number of hydrogen-bond acceptors (Lipinski definition) is 3. The Bertz CT molecular complexity index is 575. The number of aliphatic hydroxyl groups is 1. The fourth-order valence-corrected chi connectivity index (χ4v) is 4.28. The number of rotatable bonds is 7. The van der Waals surface area contributed by atoms with Crippen LogP contribution in [-0.2, 0) is 10.0 Å². The van der Waals surface area contributed by atoms with Gasteiger partial charge < -0.3 is 5.11 Å². The fourth-order valence-electron chi connectivity index (χ4n) is 2.05. The Kier molecular flexibility index (Phi) is 5.01. The number of sulfonamides is 1. The van der Waals surface area contributed by atoms with Crippen LogP contribution in [0, 0.1) is 5.82 Å². The van der Waals surface area contributed by atoms with Crippen LogP contribution in [0.2, 0.25) is 5.02 Å². The summed E-state index contributed by atoms with van der Waals surface area (Å²) < 4.78 is 39.6. The van der Waals surface area contributed by atoms with Gasteiger partial charge in [-0.3, -0.25) is 0 Å². The highest BCUT2D eigenvalue weighted by molar-refractivity contribution is 7.89. The Balaban J connectivity index is 2.25. The Labute approximate surface area is 123 Å². The zero-order chi connectivity index (χ0) is 14.8. The minimum Gasteiger partial charge on any atom is -0.396 e. The highest BCUT2D eigenvalue weighted by Crippen LogP contribution is 2.34. The first kappa shape index (κ1) is 15.7. The standard InChI is InChI=1S/C13H17ClFNO3S/c14-12-9-10(15)3-6-13(12)20(18,19)16(11-4-5-11)7-1-2-8-17/h3,6,9,11,17H,1-2,4-5,7-8H2. The fraction of sp³-hybridized carbons (Fsp3) is 0.538. The van der Waals surface area contributed by atoms with E-state index in [-0.39, 0.29) is 22.6 Å². The molecule has 0 amide bonds. The maximum absolute atomic E-state index is 13.0. The lowest BCUT2D eigenvalue weighted by Gasteiger charge is -2.22. The third kappa shape index (κ3) is 3.49. The summed E-state index contributed by atoms with van der Waals surface area (Å²) in [5.74, 6) is -0.563. The van der Waals surface area contributed by atoms with Crippen LogP contribution < -0.4 is 0 Å². The summed E-state index contributed by atoms with van der Waals surface area (Å²) in [6.07, 6.45) is 2.80. The molecule has 0 aromatic heterocycles. The smallest absolute Gasteiger partial charge is 0.244 e. The SMILES string of the molecule is O=S(=O)(c1ccc(F)cc1Cl)N(CCCCO)C1CC1. The van der Waals surface area contributed by atoms with Gasteiger partial charge in [0.2, 0.25) is 10.0 Å². The lowest BCUT2D eigenvalue weighted by molar-refractivity contribution is 0.275. The van der Waals surface area contributed by atoms with Crippen LogP contribution in [0.3, 0.4) is 0 Å². The van der Waals surface area contributed by atoms with Gasteiger partial charge in [0.25, 0.3) is 0 Å². The predicted molar refractivity (Wildman–Crippen MR) is 74.6 cm³/mol. The first-order chi connectivity index (χ1) is 9.46. The lowest BCUT2D eigenvalue weighted by atomic mass is 10.3. The van der Waals surface area contributed by atoms with Crippen LogP contribution in [0.15, 0.2) is 23.1 Å². The summed E-state index contributed by atoms with van der Waals surface area (Å²) in [5.41, 5.74) is 0. The summed E-state index contributed by atoms with van der Waals surface area (Å²) in [7, 11) is -3.71. The normalized spacial score (nSPS) is 15.8. The number of unbranched alkanes of at least 4 members (excludes halogenated alkanes) is 1. The summed E-state index contributed by atoms with van der Waals surface area (Å²) >= 11 is 5.86. The molecule has 1 saturated carbocycles. The van der Waals surface area contributed by atoms with Crippen molar-refractivity contribution in [2.45, 2.75) is 36.6 Å². The van der Waals surface area contributed by atoms with E-state index in [1.54, 1.807) is 0 Å². The van der Waals surface area contributed by atoms with Crippen molar-refractivity contribution in [1.29, 1.82) is 0 Å². The summed E-state index contributed by atoms with van der Waals surface area (Å²) in [6.45, 7) is 0.386. The molecule has 0 heterocycles. The molecule has 20 heavy (non-hydrogen) atoms. The molecule has 0 spiro atoms. The number of benzene rings is 1. The summed E-state index contributed by atoms with van der Waals surface area (Å²) in [5, 5.41) is 8.70. The Morgan fingerprint density at radius 1 is 1.35 bits per heavy atom. The van der Waals surface area contributed by atoms with E-state index in [1.807, 2.05) is 0 Å². The van der Waals surface area contributed by atoms with Crippen molar-refractivity contribution < 1.29 is 17.9 Å². The van der Waals surface area contributed by atoms with Crippen LogP contribution in [0.25, 0.3) is 0 Å². The van der Waals surface area contributed by atoms with Gasteiger partial charge in [-0.1, -0.05) is 11.6 Å². The van der Waals surface area contributed by atoms with Crippen molar-refractivity contribution in [2.24, 2.45) is 0 Å². The third-order valence-corrected chi connectivity index (χ3v) is 5.66. The molecule has 1 aromatic carbocycles. The Morgan fingerprint density at radius 3 is 2.60 bits per heavy atom. The van der Waals surface area contributed by atoms with Crippen molar-refractivity contribution in [3.05, 3.63) is 29.0 Å². The third-order valence-electron chi connectivity index (χ3n) is 3.22. The van der Waals surface area contributed by atoms with Gasteiger partial charge in [0.05, 0.1) is 5.02 Å². The van der Waals surface area contributed by atoms with Gasteiger partial charge in [-0.25, -0.2) is 12.8 Å². The van der Waals surface area contributed by atoms with Crippen LogP contribution >= 0.6 is 11.6 Å². The van der Waals surface area contributed by atoms with Gasteiger partial charge in [0, 0.05) is 19.2 Å². The van der Waals surface area contributed by atoms with Crippen LogP contribution in [0.1, 0.15) is 25.7 Å². The molecule has 4 nitrogen and oxygen atoms in total. The molecule has 7 heteroatoms. The molecule has 1 N–H and O–H groups in total. The highest BCUT2D eigenvalue weighted by atomic mass is 35.5. The van der Waals surface area contributed by atoms with Gasteiger partial charge in [-0.2, -0.15) is 4.31 Å². The van der Waals surface area contributed by atoms with E-state index in [0.29, 0.717) is 19.4 Å². The van der Waals surface area contributed by atoms with Crippen molar-refractivity contribution in [1.82, 2.24) is 4.31 Å². The number of nitrogens with zero attached hydrogens (tertiary/aromatic N) is 1. The average Bonchev–Trinajstić information content (AvgIpc) is 3.18. The van der Waals surface area contributed by atoms with E-state index in [0.717, 1.165) is 25.0 Å². The lowest BCUT2D eigenvalue weighted by Crippen LogP contribution is -2.34. The summed E-state index contributed by atoms with van der Waals surface area (Å²) in [4.78, 5) is -0.0588. The monoisotopic (exact) mass is 321 g/mol. The molecule has 0 bridgehead atoms. The molecule has 1 aliphatic rings. The number of hydrogen-bond donors (Lipinski definition) is 1. The quantitative estimate of drug-likeness (QED) is 0.785. The first-order valence-corrected chi connectivity index (χ1v) is 8.36. The maximum atomic E-state index is 13.0. The van der Waals surface area contributed by atoms with Gasteiger partial charge in [0.1, 0.15) is 10.7 Å². The van der Waals surface area contributed by atoms with Crippen LogP contribution in [0.5, 0.6) is 0 Å². The highest BCUT2D eigenvalue weighted by Gasteiger charge is 2.38. The molecule has 1 aromatic rings. The van der Waals surface area contributed by atoms with E-state index in [1.165, 1.54) is 10.4 Å². The molecule has 112 valence electrons. The predicted octanol–water partition coefficient (Wildman–Crippen LogP) is 2.40. The van der Waals surface area contributed by atoms with Gasteiger partial charge in [-0.15, -0.1) is 0 Å². The molecular weight excluding hydrogens is 305 g/mol. The first-order valence-electron chi connectivity index (χ1n) is 6.54. The second-order valence-corrected chi connectivity index (χ2v) is 7.12. The van der Waals surface area contributed by atoms with E-state index < -0.39 is 15.8 Å². The Hall–Kier alpha value is -0.690. The molecule has 0 aliphatic heterocycles. The molecular formula is C13H17ClFNO3S. The molecule has 1 fully saturated rings. The van der Waals surface area contributed by atoms with E-state index in [4.69, 9.17) is 16.7 Å². The van der Waals surface area contributed by atoms with Crippen LogP contribution in [0.4, 0.5) is 4.39 Å². The van der Waals surface area contributed by atoms with Crippen LogP contribution in [-0.4, -0.2) is 37.0 Å². The zero-order valence-corrected chi connectivity index (χ0v) is 12.5. The van der Waals surface area contributed by atoms with Crippen molar-refractivity contribution in [2.75, 3.05) is 13.2 Å². The van der Waals surface area contributed by atoms with Crippen molar-refractivity contribution in [3.8, 4) is 0 Å². The van der Waals surface area contributed by atoms with Crippen molar-refractivity contribution in [3.63, 3.8) is 0 Å². The largest absolute Gasteiger partial charge is 0.396 e. The van der Waals surface area contributed by atoms with E-state index >= 15 is 0 Å². The molecule has 1 aliphatic carbocycles. The number of aliphatic hydroxyl groups excluding tert-OH is 1. The molecule has 2 rings (SSSR count). The Morgan fingerprint density at radius 2 is 2.05 bits per heavy atom. The van der Waals surface area contributed by atoms with Gasteiger partial charge in [0.15, 0.2) is 0 Å². The molecule has 0 saturated heterocycles. The topological polar surface area (TPSA) is 57.6 Å². The number of halogens is 2. The maximum Gasteiger partial charge on any atom is 0.244 e. The average molecular weight is 322 g/mol. The summed E-state index contributed by atoms with van der Waals surface area (Å²) in [6, 6.07) is 3.30. The van der Waals surface area contributed by atoms with Gasteiger partial charge >= 0.3 is 0 Å². The van der Waals surface area contributed by atoms with E-state index in [2.05, 4.69) is 0 Å². The van der Waals surface area contributed by atoms with E-state index in [9.17, 15) is 12.8 Å². The van der Waals surface area contributed by atoms with Gasteiger partial charge in [-0.05, 0) is 43.9 Å². The molecule has 0 atom stereocenters. The minimum absolute atomic E-state index is 0.000174. The second kappa shape index (κ2) is 6.39. The molecule has 0 radical (unpaired) electrons. The second-order valence-electron chi connectivity index (χ2n) is 4.85.